The van der Waals surface area contributed by atoms with E-state index >= 15 is 0 Å². The molecule has 0 aliphatic carbocycles. The Morgan fingerprint density at radius 2 is 2.06 bits per heavy atom. The van der Waals surface area contributed by atoms with Crippen molar-refractivity contribution in [2.45, 2.75) is 25.2 Å². The second-order valence-corrected chi connectivity index (χ2v) is 5.54. The molecule has 0 aliphatic heterocycles. The third-order valence-electron chi connectivity index (χ3n) is 2.27. The summed E-state index contributed by atoms with van der Waals surface area (Å²) in [5.74, 6) is 0.286. The molecule has 0 saturated carbocycles. The van der Waals surface area contributed by atoms with Gasteiger partial charge in [-0.1, -0.05) is 5.16 Å². The van der Waals surface area contributed by atoms with Gasteiger partial charge in [-0.05, 0) is 20.3 Å². The Morgan fingerprint density at radius 3 is 2.50 bits per heavy atom. The fourth-order valence-electron chi connectivity index (χ4n) is 1.41. The summed E-state index contributed by atoms with van der Waals surface area (Å²) < 4.78 is 30.2. The monoisotopic (exact) mass is 248 g/mol. The maximum Gasteiger partial charge on any atom is 0.248 e. The lowest BCUT2D eigenvalue weighted by molar-refractivity contribution is 0.275. The minimum absolute atomic E-state index is 0.0402. The number of aryl methyl sites for hydroxylation is 2. The van der Waals surface area contributed by atoms with Crippen molar-refractivity contribution >= 4 is 10.0 Å². The first kappa shape index (κ1) is 13.1. The Hall–Kier alpha value is -0.920. The van der Waals surface area contributed by atoms with Crippen LogP contribution in [0.25, 0.3) is 0 Å². The SMILES string of the molecule is Cc1noc(C)c1S(=O)(=O)N(C)CCCO. The number of hydrogen-bond acceptors (Lipinski definition) is 5. The number of aromatic nitrogens is 1. The molecular weight excluding hydrogens is 232 g/mol. The molecule has 1 N–H and O–H groups in total. The van der Waals surface area contributed by atoms with Crippen LogP contribution in [-0.2, 0) is 10.0 Å². The zero-order valence-electron chi connectivity index (χ0n) is 9.60. The topological polar surface area (TPSA) is 83.6 Å². The van der Waals surface area contributed by atoms with E-state index in [4.69, 9.17) is 9.63 Å². The summed E-state index contributed by atoms with van der Waals surface area (Å²) in [4.78, 5) is 0.118. The molecule has 0 atom stereocenters. The predicted molar refractivity (Wildman–Crippen MR) is 57.5 cm³/mol. The van der Waals surface area contributed by atoms with Crippen molar-refractivity contribution in [2.24, 2.45) is 0 Å². The molecule has 1 rings (SSSR count). The van der Waals surface area contributed by atoms with Gasteiger partial charge in [-0.15, -0.1) is 0 Å². The Morgan fingerprint density at radius 1 is 1.44 bits per heavy atom. The Bertz CT molecular complexity index is 433. The fraction of sp³-hybridized carbons (Fsp3) is 0.667. The smallest absolute Gasteiger partial charge is 0.248 e. The van der Waals surface area contributed by atoms with E-state index in [1.165, 1.54) is 11.4 Å². The molecule has 1 aromatic rings. The van der Waals surface area contributed by atoms with Crippen molar-refractivity contribution < 1.29 is 18.0 Å². The quantitative estimate of drug-likeness (QED) is 0.810. The number of hydrogen-bond donors (Lipinski definition) is 1. The van der Waals surface area contributed by atoms with Crippen LogP contribution >= 0.6 is 0 Å². The Balaban J connectivity index is 3.02. The average Bonchev–Trinajstić information content (AvgIpc) is 2.55. The Kier molecular flexibility index (Phi) is 4.06. The van der Waals surface area contributed by atoms with Gasteiger partial charge in [-0.25, -0.2) is 12.7 Å². The summed E-state index contributed by atoms with van der Waals surface area (Å²) >= 11 is 0. The van der Waals surface area contributed by atoms with Crippen LogP contribution in [0, 0.1) is 13.8 Å². The molecule has 0 radical (unpaired) electrons. The summed E-state index contributed by atoms with van der Waals surface area (Å²) in [7, 11) is -2.09. The highest BCUT2D eigenvalue weighted by Gasteiger charge is 2.27. The highest BCUT2D eigenvalue weighted by atomic mass is 32.2. The lowest BCUT2D eigenvalue weighted by Crippen LogP contribution is -2.29. The molecule has 92 valence electrons. The van der Waals surface area contributed by atoms with E-state index in [1.807, 2.05) is 0 Å². The van der Waals surface area contributed by atoms with Gasteiger partial charge in [0.2, 0.25) is 10.0 Å². The van der Waals surface area contributed by atoms with Crippen molar-refractivity contribution in [1.82, 2.24) is 9.46 Å². The molecule has 0 bridgehead atoms. The molecule has 0 spiro atoms. The van der Waals surface area contributed by atoms with Crippen molar-refractivity contribution in [1.29, 1.82) is 0 Å². The molecule has 1 heterocycles. The third-order valence-corrected chi connectivity index (χ3v) is 4.37. The van der Waals surface area contributed by atoms with E-state index in [1.54, 1.807) is 13.8 Å². The van der Waals surface area contributed by atoms with Crippen LogP contribution in [-0.4, -0.2) is 43.2 Å². The van der Waals surface area contributed by atoms with Gasteiger partial charge in [-0.3, -0.25) is 0 Å². The van der Waals surface area contributed by atoms with Crippen LogP contribution in [0.1, 0.15) is 17.9 Å². The predicted octanol–water partition coefficient (Wildman–Crippen LogP) is 0.294. The molecule has 0 amide bonds. The van der Waals surface area contributed by atoms with Crippen molar-refractivity contribution in [3.63, 3.8) is 0 Å². The maximum atomic E-state index is 12.1. The van der Waals surface area contributed by atoms with E-state index in [0.29, 0.717) is 12.1 Å². The zero-order valence-corrected chi connectivity index (χ0v) is 10.4. The average molecular weight is 248 g/mol. The molecule has 0 fully saturated rings. The van der Waals surface area contributed by atoms with Gasteiger partial charge < -0.3 is 9.63 Å². The van der Waals surface area contributed by atoms with Gasteiger partial charge in [-0.2, -0.15) is 0 Å². The van der Waals surface area contributed by atoms with E-state index in [0.717, 1.165) is 0 Å². The summed E-state index contributed by atoms with van der Waals surface area (Å²) in [5, 5.41) is 12.3. The minimum Gasteiger partial charge on any atom is -0.396 e. The molecule has 1 aromatic heterocycles. The first-order chi connectivity index (χ1) is 7.41. The van der Waals surface area contributed by atoms with Gasteiger partial charge in [0.15, 0.2) is 5.76 Å². The minimum atomic E-state index is -3.56. The lowest BCUT2D eigenvalue weighted by Gasteiger charge is -2.15. The zero-order chi connectivity index (χ0) is 12.3. The molecular formula is C9H16N2O4S. The molecule has 0 saturated heterocycles. The van der Waals surface area contributed by atoms with E-state index < -0.39 is 10.0 Å². The highest BCUT2D eigenvalue weighted by Crippen LogP contribution is 2.22. The maximum absolute atomic E-state index is 12.1. The van der Waals surface area contributed by atoms with Crippen LogP contribution in [0.15, 0.2) is 9.42 Å². The molecule has 6 nitrogen and oxygen atoms in total. The number of aliphatic hydroxyl groups is 1. The second-order valence-electron chi connectivity index (χ2n) is 3.56. The van der Waals surface area contributed by atoms with Gasteiger partial charge >= 0.3 is 0 Å². The molecule has 7 heteroatoms. The highest BCUT2D eigenvalue weighted by molar-refractivity contribution is 7.89. The Labute approximate surface area is 94.9 Å². The van der Waals surface area contributed by atoms with Crippen LogP contribution in [0.2, 0.25) is 0 Å². The number of rotatable bonds is 5. The van der Waals surface area contributed by atoms with Crippen molar-refractivity contribution in [3.8, 4) is 0 Å². The molecule has 0 unspecified atom stereocenters. The summed E-state index contributed by atoms with van der Waals surface area (Å²) in [6.45, 7) is 3.38. The van der Waals surface area contributed by atoms with Crippen molar-refractivity contribution in [3.05, 3.63) is 11.5 Å². The van der Waals surface area contributed by atoms with Crippen molar-refractivity contribution in [2.75, 3.05) is 20.2 Å². The molecule has 16 heavy (non-hydrogen) atoms. The second kappa shape index (κ2) is 4.94. The summed E-state index contributed by atoms with van der Waals surface area (Å²) in [6, 6.07) is 0. The first-order valence-corrected chi connectivity index (χ1v) is 6.35. The van der Waals surface area contributed by atoms with Gasteiger partial charge in [0.05, 0.1) is 0 Å². The van der Waals surface area contributed by atoms with Crippen LogP contribution < -0.4 is 0 Å². The number of nitrogens with zero attached hydrogens (tertiary/aromatic N) is 2. The lowest BCUT2D eigenvalue weighted by atomic mass is 10.4. The van der Waals surface area contributed by atoms with Crippen LogP contribution in [0.5, 0.6) is 0 Å². The standard InChI is InChI=1S/C9H16N2O4S/c1-7-9(8(2)15-10-7)16(13,14)11(3)5-4-6-12/h12H,4-6H2,1-3H3. The largest absolute Gasteiger partial charge is 0.396 e. The van der Waals surface area contributed by atoms with E-state index in [-0.39, 0.29) is 23.8 Å². The van der Waals surface area contributed by atoms with Gasteiger partial charge in [0.1, 0.15) is 10.6 Å². The number of sulfonamides is 1. The van der Waals surface area contributed by atoms with Gasteiger partial charge in [0.25, 0.3) is 0 Å². The molecule has 0 aliphatic rings. The number of aliphatic hydroxyl groups excluding tert-OH is 1. The summed E-state index contributed by atoms with van der Waals surface area (Å²) in [5.41, 5.74) is 0.355. The van der Waals surface area contributed by atoms with Crippen LogP contribution in [0.3, 0.4) is 0 Å². The normalized spacial score (nSPS) is 12.3. The van der Waals surface area contributed by atoms with E-state index in [2.05, 4.69) is 5.16 Å². The van der Waals surface area contributed by atoms with E-state index in [9.17, 15) is 8.42 Å². The molecule has 0 aromatic carbocycles. The van der Waals surface area contributed by atoms with Gasteiger partial charge in [0, 0.05) is 20.2 Å². The first-order valence-electron chi connectivity index (χ1n) is 4.91. The summed E-state index contributed by atoms with van der Waals surface area (Å²) in [6.07, 6.45) is 0.402. The van der Waals surface area contributed by atoms with Crippen LogP contribution in [0.4, 0.5) is 0 Å². The third kappa shape index (κ3) is 2.42. The fourth-order valence-corrected chi connectivity index (χ4v) is 2.90.